The number of hydrogen-bond acceptors (Lipinski definition) is 5. The minimum atomic E-state index is -0.466. The maximum absolute atomic E-state index is 11.7. The third-order valence-corrected chi connectivity index (χ3v) is 3.61. The van der Waals surface area contributed by atoms with Gasteiger partial charge >= 0.3 is 0 Å². The second-order valence-electron chi connectivity index (χ2n) is 4.30. The van der Waals surface area contributed by atoms with Crippen molar-refractivity contribution in [1.82, 2.24) is 5.43 Å². The molecular weight excluding hydrogens is 290 g/mol. The van der Waals surface area contributed by atoms with Gasteiger partial charge in [-0.2, -0.15) is 5.10 Å². The predicted octanol–water partition coefficient (Wildman–Crippen LogP) is 2.74. The Kier molecular flexibility index (Phi) is 4.78. The molecule has 0 bridgehead atoms. The number of hydrogen-bond donors (Lipinski definition) is 1. The van der Waals surface area contributed by atoms with E-state index in [1.54, 1.807) is 19.1 Å². The van der Waals surface area contributed by atoms with E-state index in [0.717, 1.165) is 4.88 Å². The molecule has 1 aromatic heterocycles. The molecule has 0 saturated carbocycles. The first kappa shape index (κ1) is 14.9. The molecule has 1 N–H and O–H groups in total. The fraction of sp³-hybridized carbons (Fsp3) is 0.143. The molecule has 1 heterocycles. The molecular formula is C14H13N3O3S. The second kappa shape index (κ2) is 6.76. The highest BCUT2D eigenvalue weighted by molar-refractivity contribution is 7.10. The molecule has 6 nitrogen and oxygen atoms in total. The van der Waals surface area contributed by atoms with Crippen LogP contribution in [0, 0.1) is 10.1 Å². The van der Waals surface area contributed by atoms with Gasteiger partial charge < -0.3 is 0 Å². The highest BCUT2D eigenvalue weighted by Crippen LogP contribution is 2.13. The minimum absolute atomic E-state index is 0.00744. The molecule has 0 radical (unpaired) electrons. The van der Waals surface area contributed by atoms with E-state index in [0.29, 0.717) is 11.3 Å². The van der Waals surface area contributed by atoms with E-state index in [1.807, 2.05) is 17.5 Å². The molecule has 7 heteroatoms. The van der Waals surface area contributed by atoms with Gasteiger partial charge in [0.1, 0.15) is 0 Å². The molecule has 0 fully saturated rings. The Morgan fingerprint density at radius 3 is 2.86 bits per heavy atom. The SMILES string of the molecule is CC(=NNC(=O)Cc1cccs1)c1cccc([N+](=O)[O-])c1. The molecule has 108 valence electrons. The van der Waals surface area contributed by atoms with Crippen molar-refractivity contribution in [2.75, 3.05) is 0 Å². The lowest BCUT2D eigenvalue weighted by atomic mass is 10.1. The number of thiophene rings is 1. The number of non-ortho nitro benzene ring substituents is 1. The Morgan fingerprint density at radius 1 is 1.38 bits per heavy atom. The highest BCUT2D eigenvalue weighted by Gasteiger charge is 2.08. The number of benzene rings is 1. The molecule has 0 saturated heterocycles. The van der Waals surface area contributed by atoms with Crippen LogP contribution in [0.25, 0.3) is 0 Å². The van der Waals surface area contributed by atoms with Crippen molar-refractivity contribution < 1.29 is 9.72 Å². The molecule has 0 spiro atoms. The number of nitro groups is 1. The minimum Gasteiger partial charge on any atom is -0.273 e. The Bertz CT molecular complexity index is 681. The zero-order chi connectivity index (χ0) is 15.2. The van der Waals surface area contributed by atoms with Crippen LogP contribution in [-0.4, -0.2) is 16.5 Å². The normalized spacial score (nSPS) is 11.2. The summed E-state index contributed by atoms with van der Waals surface area (Å²) in [5.74, 6) is -0.220. The fourth-order valence-electron chi connectivity index (χ4n) is 1.67. The van der Waals surface area contributed by atoms with E-state index in [9.17, 15) is 14.9 Å². The lowest BCUT2D eigenvalue weighted by Crippen LogP contribution is -2.20. The van der Waals surface area contributed by atoms with E-state index in [1.165, 1.54) is 23.5 Å². The van der Waals surface area contributed by atoms with Gasteiger partial charge in [-0.05, 0) is 18.4 Å². The molecule has 2 rings (SSSR count). The molecule has 0 unspecified atom stereocenters. The first-order chi connectivity index (χ1) is 10.1. The lowest BCUT2D eigenvalue weighted by molar-refractivity contribution is -0.384. The van der Waals surface area contributed by atoms with Gasteiger partial charge in [-0.1, -0.05) is 18.2 Å². The molecule has 0 aliphatic heterocycles. The third-order valence-electron chi connectivity index (χ3n) is 2.74. The molecule has 0 aliphatic rings. The van der Waals surface area contributed by atoms with Crippen LogP contribution in [0.2, 0.25) is 0 Å². The quantitative estimate of drug-likeness (QED) is 0.523. The van der Waals surface area contributed by atoms with E-state index in [4.69, 9.17) is 0 Å². The van der Waals surface area contributed by atoms with E-state index >= 15 is 0 Å². The molecule has 1 amide bonds. The van der Waals surface area contributed by atoms with Crippen LogP contribution in [0.1, 0.15) is 17.4 Å². The van der Waals surface area contributed by atoms with E-state index < -0.39 is 4.92 Å². The number of carbonyl (C=O) groups is 1. The number of carbonyl (C=O) groups excluding carboxylic acids is 1. The largest absolute Gasteiger partial charge is 0.273 e. The summed E-state index contributed by atoms with van der Waals surface area (Å²) in [5, 5.41) is 16.6. The molecule has 1 aromatic carbocycles. The van der Waals surface area contributed by atoms with Gasteiger partial charge in [0.15, 0.2) is 0 Å². The summed E-state index contributed by atoms with van der Waals surface area (Å²) in [6, 6.07) is 9.87. The van der Waals surface area contributed by atoms with Crippen molar-refractivity contribution in [3.8, 4) is 0 Å². The summed E-state index contributed by atoms with van der Waals surface area (Å²) in [5.41, 5.74) is 3.56. The summed E-state index contributed by atoms with van der Waals surface area (Å²) in [4.78, 5) is 22.9. The maximum Gasteiger partial charge on any atom is 0.270 e. The van der Waals surface area contributed by atoms with Crippen molar-refractivity contribution in [3.63, 3.8) is 0 Å². The lowest BCUT2D eigenvalue weighted by Gasteiger charge is -2.02. The number of rotatable bonds is 5. The zero-order valence-electron chi connectivity index (χ0n) is 11.3. The van der Waals surface area contributed by atoms with Crippen molar-refractivity contribution in [1.29, 1.82) is 0 Å². The maximum atomic E-state index is 11.7. The van der Waals surface area contributed by atoms with E-state index in [2.05, 4.69) is 10.5 Å². The highest BCUT2D eigenvalue weighted by atomic mass is 32.1. The van der Waals surface area contributed by atoms with Crippen LogP contribution >= 0.6 is 11.3 Å². The monoisotopic (exact) mass is 303 g/mol. The Hall–Kier alpha value is -2.54. The number of nitro benzene ring substituents is 1. The Morgan fingerprint density at radius 2 is 2.19 bits per heavy atom. The van der Waals surface area contributed by atoms with Crippen LogP contribution in [0.3, 0.4) is 0 Å². The van der Waals surface area contributed by atoms with Crippen LogP contribution in [0.4, 0.5) is 5.69 Å². The van der Waals surface area contributed by atoms with Gasteiger partial charge in [0.25, 0.3) is 5.69 Å². The van der Waals surface area contributed by atoms with Gasteiger partial charge in [0.2, 0.25) is 5.91 Å². The van der Waals surface area contributed by atoms with Crippen molar-refractivity contribution in [3.05, 3.63) is 62.3 Å². The first-order valence-electron chi connectivity index (χ1n) is 6.16. The Labute approximate surface area is 125 Å². The molecule has 21 heavy (non-hydrogen) atoms. The number of nitrogens with zero attached hydrogens (tertiary/aromatic N) is 2. The van der Waals surface area contributed by atoms with Gasteiger partial charge in [-0.25, -0.2) is 5.43 Å². The second-order valence-corrected chi connectivity index (χ2v) is 5.33. The number of nitrogens with one attached hydrogen (secondary N) is 1. The van der Waals surface area contributed by atoms with Gasteiger partial charge in [0.05, 0.1) is 17.1 Å². The van der Waals surface area contributed by atoms with Crippen LogP contribution in [0.15, 0.2) is 46.9 Å². The van der Waals surface area contributed by atoms with Gasteiger partial charge in [0, 0.05) is 22.6 Å². The predicted molar refractivity (Wildman–Crippen MR) is 81.5 cm³/mol. The Balaban J connectivity index is 2.02. The average molecular weight is 303 g/mol. The smallest absolute Gasteiger partial charge is 0.270 e. The summed E-state index contributed by atoms with van der Waals surface area (Å²) in [7, 11) is 0. The summed E-state index contributed by atoms with van der Waals surface area (Å²) >= 11 is 1.50. The van der Waals surface area contributed by atoms with Crippen LogP contribution in [-0.2, 0) is 11.2 Å². The molecule has 0 aliphatic carbocycles. The number of hydrazone groups is 1. The van der Waals surface area contributed by atoms with Gasteiger partial charge in [-0.15, -0.1) is 11.3 Å². The third kappa shape index (κ3) is 4.22. The number of amides is 1. The fourth-order valence-corrected chi connectivity index (χ4v) is 2.37. The van der Waals surface area contributed by atoms with Crippen LogP contribution < -0.4 is 5.43 Å². The average Bonchev–Trinajstić information content (AvgIpc) is 2.97. The zero-order valence-corrected chi connectivity index (χ0v) is 12.1. The van der Waals surface area contributed by atoms with Crippen LogP contribution in [0.5, 0.6) is 0 Å². The summed E-state index contributed by atoms with van der Waals surface area (Å²) in [6.45, 7) is 1.69. The first-order valence-corrected chi connectivity index (χ1v) is 7.04. The standard InChI is InChI=1S/C14H13N3O3S/c1-10(11-4-2-5-12(8-11)17(19)20)15-16-14(18)9-13-6-3-7-21-13/h2-8H,9H2,1H3,(H,16,18). The summed E-state index contributed by atoms with van der Waals surface area (Å²) in [6.07, 6.45) is 0.267. The van der Waals surface area contributed by atoms with Crippen molar-refractivity contribution in [2.24, 2.45) is 5.10 Å². The van der Waals surface area contributed by atoms with Gasteiger partial charge in [-0.3, -0.25) is 14.9 Å². The molecule has 2 aromatic rings. The summed E-state index contributed by atoms with van der Waals surface area (Å²) < 4.78 is 0. The molecule has 0 atom stereocenters. The topological polar surface area (TPSA) is 84.6 Å². The van der Waals surface area contributed by atoms with E-state index in [-0.39, 0.29) is 18.0 Å². The van der Waals surface area contributed by atoms with Crippen molar-refractivity contribution >= 4 is 28.6 Å². The van der Waals surface area contributed by atoms with Crippen molar-refractivity contribution in [2.45, 2.75) is 13.3 Å².